The molecule has 0 aliphatic carbocycles. The van der Waals surface area contributed by atoms with E-state index >= 15 is 0 Å². The van der Waals surface area contributed by atoms with E-state index in [0.717, 1.165) is 42.2 Å². The fourth-order valence-corrected chi connectivity index (χ4v) is 3.88. The first-order valence-corrected chi connectivity index (χ1v) is 11.7. The summed E-state index contributed by atoms with van der Waals surface area (Å²) in [4.78, 5) is 2.00. The van der Waals surface area contributed by atoms with Crippen molar-refractivity contribution in [3.05, 3.63) is 12.2 Å². The van der Waals surface area contributed by atoms with Crippen LogP contribution in [0, 0.1) is 23.7 Å². The van der Waals surface area contributed by atoms with Gasteiger partial charge in [-0.3, -0.25) is 4.90 Å². The Kier molecular flexibility index (Phi) is 15.4. The first kappa shape index (κ1) is 26.7. The zero-order valence-electron chi connectivity index (χ0n) is 19.8. The van der Waals surface area contributed by atoms with Crippen LogP contribution in [0.1, 0.15) is 106 Å². The molecule has 0 saturated heterocycles. The zero-order chi connectivity index (χ0) is 20.8. The Bertz CT molecular complexity index is 367. The van der Waals surface area contributed by atoms with Crippen molar-refractivity contribution < 1.29 is 5.11 Å². The highest BCUT2D eigenvalue weighted by atomic mass is 16.3. The van der Waals surface area contributed by atoms with E-state index in [2.05, 4.69) is 41.2 Å². The fourth-order valence-electron chi connectivity index (χ4n) is 3.88. The van der Waals surface area contributed by atoms with Crippen LogP contribution >= 0.6 is 0 Å². The highest BCUT2D eigenvalue weighted by Crippen LogP contribution is 2.27. The van der Waals surface area contributed by atoms with E-state index in [0.29, 0.717) is 0 Å². The van der Waals surface area contributed by atoms with Crippen molar-refractivity contribution in [2.45, 2.75) is 112 Å². The molecule has 0 aromatic carbocycles. The number of rotatable bonds is 17. The topological polar surface area (TPSA) is 23.5 Å². The van der Waals surface area contributed by atoms with Crippen molar-refractivity contribution in [2.24, 2.45) is 23.7 Å². The molecule has 162 valence electrons. The van der Waals surface area contributed by atoms with E-state index in [1.165, 1.54) is 57.8 Å². The average molecular weight is 382 g/mol. The van der Waals surface area contributed by atoms with Crippen LogP contribution in [0.5, 0.6) is 0 Å². The lowest BCUT2D eigenvalue weighted by molar-refractivity contribution is 0.0513. The minimum atomic E-state index is -0.495. The highest BCUT2D eigenvalue weighted by molar-refractivity contribution is 4.95. The van der Waals surface area contributed by atoms with Gasteiger partial charge in [-0.1, -0.05) is 92.6 Å². The maximum atomic E-state index is 9.97. The Balaban J connectivity index is 3.88. The Morgan fingerprint density at radius 2 is 1.30 bits per heavy atom. The second-order valence-corrected chi connectivity index (χ2v) is 9.66. The van der Waals surface area contributed by atoms with E-state index in [4.69, 9.17) is 0 Å². The molecule has 0 rings (SSSR count). The van der Waals surface area contributed by atoms with Crippen LogP contribution in [-0.4, -0.2) is 29.8 Å². The molecule has 0 saturated carbocycles. The third-order valence-corrected chi connectivity index (χ3v) is 6.57. The van der Waals surface area contributed by atoms with Gasteiger partial charge in [0.25, 0.3) is 0 Å². The second kappa shape index (κ2) is 15.6. The maximum absolute atomic E-state index is 9.97. The van der Waals surface area contributed by atoms with Crippen molar-refractivity contribution in [2.75, 3.05) is 13.6 Å². The van der Waals surface area contributed by atoms with E-state index in [9.17, 15) is 5.11 Å². The van der Waals surface area contributed by atoms with E-state index in [1.54, 1.807) is 0 Å². The molecule has 0 amide bonds. The number of aliphatic hydroxyl groups is 1. The fraction of sp³-hybridized carbons (Fsp3) is 0.920. The van der Waals surface area contributed by atoms with Crippen molar-refractivity contribution in [3.63, 3.8) is 0 Å². The van der Waals surface area contributed by atoms with Crippen molar-refractivity contribution >= 4 is 0 Å². The molecule has 0 aliphatic rings. The summed E-state index contributed by atoms with van der Waals surface area (Å²) in [5.41, 5.74) is 0.827. The molecule has 0 heterocycles. The van der Waals surface area contributed by atoms with E-state index in [-0.39, 0.29) is 0 Å². The van der Waals surface area contributed by atoms with E-state index in [1.807, 2.05) is 18.9 Å². The quantitative estimate of drug-likeness (QED) is 0.162. The van der Waals surface area contributed by atoms with Gasteiger partial charge in [0.1, 0.15) is 6.23 Å². The summed E-state index contributed by atoms with van der Waals surface area (Å²) in [6.45, 7) is 18.7. The molecule has 0 aliphatic heterocycles. The van der Waals surface area contributed by atoms with Crippen LogP contribution in [0.25, 0.3) is 0 Å². The normalized spacial score (nSPS) is 17.5. The molecule has 0 bridgehead atoms. The van der Waals surface area contributed by atoms with E-state index < -0.39 is 6.23 Å². The lowest BCUT2D eigenvalue weighted by atomic mass is 9.83. The molecule has 0 radical (unpaired) electrons. The minimum absolute atomic E-state index is 0.495. The lowest BCUT2D eigenvalue weighted by Gasteiger charge is -2.25. The van der Waals surface area contributed by atoms with Gasteiger partial charge in [-0.2, -0.15) is 0 Å². The molecular weight excluding hydrogens is 330 g/mol. The Morgan fingerprint density at radius 1 is 0.815 bits per heavy atom. The van der Waals surface area contributed by atoms with Gasteiger partial charge in [0, 0.05) is 6.54 Å². The second-order valence-electron chi connectivity index (χ2n) is 9.66. The van der Waals surface area contributed by atoms with Gasteiger partial charge < -0.3 is 5.11 Å². The summed E-state index contributed by atoms with van der Waals surface area (Å²) in [5, 5.41) is 9.97. The number of aliphatic hydroxyl groups excluding tert-OH is 1. The summed E-state index contributed by atoms with van der Waals surface area (Å²) in [6, 6.07) is 0. The lowest BCUT2D eigenvalue weighted by Crippen LogP contribution is -2.33. The van der Waals surface area contributed by atoms with Crippen LogP contribution in [-0.2, 0) is 0 Å². The Labute approximate surface area is 171 Å². The maximum Gasteiger partial charge on any atom is 0.128 e. The van der Waals surface area contributed by atoms with Crippen LogP contribution in [0.4, 0.5) is 0 Å². The van der Waals surface area contributed by atoms with Gasteiger partial charge in [-0.05, 0) is 56.1 Å². The smallest absolute Gasteiger partial charge is 0.128 e. The van der Waals surface area contributed by atoms with Crippen LogP contribution in [0.15, 0.2) is 12.2 Å². The van der Waals surface area contributed by atoms with Gasteiger partial charge in [-0.15, -0.1) is 0 Å². The number of likely N-dealkylation sites (N-methyl/N-ethyl adjacent to an activating group) is 1. The third kappa shape index (κ3) is 13.5. The highest BCUT2D eigenvalue weighted by Gasteiger charge is 2.16. The number of nitrogens with zero attached hydrogens (tertiary/aromatic N) is 1. The molecule has 0 fully saturated rings. The molecule has 2 heteroatoms. The molecule has 5 atom stereocenters. The molecule has 2 nitrogen and oxygen atoms in total. The molecule has 0 aromatic rings. The van der Waals surface area contributed by atoms with Gasteiger partial charge >= 0.3 is 0 Å². The van der Waals surface area contributed by atoms with Gasteiger partial charge in [0.05, 0.1) is 0 Å². The molecule has 0 aromatic heterocycles. The molecule has 0 spiro atoms. The number of hydrogen-bond donors (Lipinski definition) is 1. The average Bonchev–Trinajstić information content (AvgIpc) is 2.63. The minimum Gasteiger partial charge on any atom is -0.374 e. The number of hydrogen-bond acceptors (Lipinski definition) is 2. The largest absolute Gasteiger partial charge is 0.374 e. The summed E-state index contributed by atoms with van der Waals surface area (Å²) in [6.07, 6.45) is 13.0. The molecule has 2 unspecified atom stereocenters. The first-order chi connectivity index (χ1) is 12.7. The van der Waals surface area contributed by atoms with Gasteiger partial charge in [-0.25, -0.2) is 0 Å². The van der Waals surface area contributed by atoms with Crippen LogP contribution in [0.3, 0.4) is 0 Å². The first-order valence-electron chi connectivity index (χ1n) is 11.7. The molecule has 27 heavy (non-hydrogen) atoms. The van der Waals surface area contributed by atoms with Crippen molar-refractivity contribution in [1.82, 2.24) is 4.90 Å². The molecular formula is C25H51NO. The monoisotopic (exact) mass is 381 g/mol. The Morgan fingerprint density at radius 3 is 1.74 bits per heavy atom. The van der Waals surface area contributed by atoms with Crippen LogP contribution in [0.2, 0.25) is 0 Å². The summed E-state index contributed by atoms with van der Waals surface area (Å²) >= 11 is 0. The van der Waals surface area contributed by atoms with Crippen molar-refractivity contribution in [3.8, 4) is 0 Å². The SMILES string of the molecule is C=C(C)[C@@H](O)N(C)CCC[C@@H](C)CCC(C)C(C)CC[C@@H](C)CCCCC. The predicted octanol–water partition coefficient (Wildman–Crippen LogP) is 7.28. The van der Waals surface area contributed by atoms with Gasteiger partial charge in [0.15, 0.2) is 0 Å². The third-order valence-electron chi connectivity index (χ3n) is 6.57. The molecule has 1 N–H and O–H groups in total. The van der Waals surface area contributed by atoms with Gasteiger partial charge in [0.2, 0.25) is 0 Å². The Hall–Kier alpha value is -0.340. The zero-order valence-corrected chi connectivity index (χ0v) is 19.8. The van der Waals surface area contributed by atoms with Crippen LogP contribution < -0.4 is 0 Å². The summed E-state index contributed by atoms with van der Waals surface area (Å²) in [5.74, 6) is 3.37. The van der Waals surface area contributed by atoms with Crippen molar-refractivity contribution in [1.29, 1.82) is 0 Å². The summed E-state index contributed by atoms with van der Waals surface area (Å²) in [7, 11) is 1.98. The standard InChI is InChI=1S/C25H51NO/c1-9-10-11-13-21(4)15-17-23(6)24(7)18-16-22(5)14-12-19-26(8)25(27)20(2)3/h21-25,27H,2,9-19H2,1,3-8H3/t21-,22+,23?,24?,25+/m0/s1. The predicted molar refractivity (Wildman–Crippen MR) is 122 cm³/mol. The number of unbranched alkanes of at least 4 members (excludes halogenated alkanes) is 2. The summed E-state index contributed by atoms with van der Waals surface area (Å²) < 4.78 is 0.